The fraction of sp³-hybridized carbons (Fsp3) is 0.250. The standard InChI is InChI=1S/C12H14N2S/c1-8(2)11-7-14-12(15-11)9-3-5-10(13)6-4-9/h3-8H,13H2,1-2H3. The molecule has 0 spiro atoms. The minimum Gasteiger partial charge on any atom is -0.399 e. The summed E-state index contributed by atoms with van der Waals surface area (Å²) in [5, 5.41) is 1.07. The molecule has 0 amide bonds. The van der Waals surface area contributed by atoms with Crippen LogP contribution in [0.15, 0.2) is 30.5 Å². The van der Waals surface area contributed by atoms with Gasteiger partial charge in [-0.15, -0.1) is 11.3 Å². The number of thiazole rings is 1. The Kier molecular flexibility index (Phi) is 2.73. The van der Waals surface area contributed by atoms with E-state index in [0.29, 0.717) is 5.92 Å². The number of nitrogen functional groups attached to an aromatic ring is 1. The van der Waals surface area contributed by atoms with Crippen molar-refractivity contribution < 1.29 is 0 Å². The summed E-state index contributed by atoms with van der Waals surface area (Å²) in [5.74, 6) is 0.546. The Balaban J connectivity index is 2.33. The second-order valence-electron chi connectivity index (χ2n) is 3.84. The van der Waals surface area contributed by atoms with Crippen LogP contribution in [-0.4, -0.2) is 4.98 Å². The van der Waals surface area contributed by atoms with Crippen molar-refractivity contribution in [3.05, 3.63) is 35.3 Å². The summed E-state index contributed by atoms with van der Waals surface area (Å²) < 4.78 is 0. The fourth-order valence-electron chi connectivity index (χ4n) is 1.31. The minimum absolute atomic E-state index is 0.546. The number of benzene rings is 1. The molecule has 2 rings (SSSR count). The van der Waals surface area contributed by atoms with Crippen LogP contribution in [0, 0.1) is 0 Å². The van der Waals surface area contributed by atoms with Crippen molar-refractivity contribution in [2.75, 3.05) is 5.73 Å². The van der Waals surface area contributed by atoms with Crippen LogP contribution in [0.1, 0.15) is 24.6 Å². The molecule has 3 heteroatoms. The van der Waals surface area contributed by atoms with E-state index in [1.54, 1.807) is 11.3 Å². The zero-order valence-electron chi connectivity index (χ0n) is 8.90. The molecule has 15 heavy (non-hydrogen) atoms. The predicted molar refractivity (Wildman–Crippen MR) is 66.1 cm³/mol. The number of rotatable bonds is 2. The summed E-state index contributed by atoms with van der Waals surface area (Å²) in [5.41, 5.74) is 7.57. The number of hydrogen-bond acceptors (Lipinski definition) is 3. The highest BCUT2D eigenvalue weighted by atomic mass is 32.1. The van der Waals surface area contributed by atoms with Gasteiger partial charge in [-0.3, -0.25) is 0 Å². The Morgan fingerprint density at radius 2 is 1.87 bits per heavy atom. The molecular formula is C12H14N2S. The Bertz CT molecular complexity index is 443. The minimum atomic E-state index is 0.546. The first-order valence-electron chi connectivity index (χ1n) is 4.98. The second kappa shape index (κ2) is 4.03. The van der Waals surface area contributed by atoms with E-state index in [0.717, 1.165) is 16.3 Å². The average molecular weight is 218 g/mol. The summed E-state index contributed by atoms with van der Waals surface area (Å²) in [6, 6.07) is 7.84. The van der Waals surface area contributed by atoms with E-state index in [2.05, 4.69) is 18.8 Å². The molecule has 0 saturated carbocycles. The average Bonchev–Trinajstić information content (AvgIpc) is 2.68. The maximum atomic E-state index is 5.64. The van der Waals surface area contributed by atoms with Gasteiger partial charge in [0.1, 0.15) is 5.01 Å². The number of nitrogens with two attached hydrogens (primary N) is 1. The van der Waals surface area contributed by atoms with Gasteiger partial charge in [-0.05, 0) is 30.2 Å². The van der Waals surface area contributed by atoms with Gasteiger partial charge in [-0.1, -0.05) is 13.8 Å². The smallest absolute Gasteiger partial charge is 0.123 e. The van der Waals surface area contributed by atoms with E-state index in [1.165, 1.54) is 4.88 Å². The van der Waals surface area contributed by atoms with Gasteiger partial charge >= 0.3 is 0 Å². The molecule has 0 atom stereocenters. The Hall–Kier alpha value is -1.35. The van der Waals surface area contributed by atoms with Crippen LogP contribution < -0.4 is 5.73 Å². The van der Waals surface area contributed by atoms with Gasteiger partial charge in [0.2, 0.25) is 0 Å². The van der Waals surface area contributed by atoms with E-state index < -0.39 is 0 Å². The normalized spacial score (nSPS) is 10.9. The van der Waals surface area contributed by atoms with Gasteiger partial charge in [0, 0.05) is 22.3 Å². The zero-order chi connectivity index (χ0) is 10.8. The highest BCUT2D eigenvalue weighted by Crippen LogP contribution is 2.29. The summed E-state index contributed by atoms with van der Waals surface area (Å²) in [6.45, 7) is 4.36. The molecule has 1 aromatic heterocycles. The van der Waals surface area contributed by atoms with E-state index in [4.69, 9.17) is 5.73 Å². The lowest BCUT2D eigenvalue weighted by molar-refractivity contribution is 0.885. The molecule has 2 N–H and O–H groups in total. The van der Waals surface area contributed by atoms with E-state index in [9.17, 15) is 0 Å². The van der Waals surface area contributed by atoms with Gasteiger partial charge in [-0.25, -0.2) is 4.98 Å². The highest BCUT2D eigenvalue weighted by molar-refractivity contribution is 7.15. The van der Waals surface area contributed by atoms with Crippen LogP contribution in [-0.2, 0) is 0 Å². The van der Waals surface area contributed by atoms with Crippen LogP contribution in [0.5, 0.6) is 0 Å². The largest absolute Gasteiger partial charge is 0.399 e. The maximum absolute atomic E-state index is 5.64. The third-order valence-electron chi connectivity index (χ3n) is 2.25. The van der Waals surface area contributed by atoms with Crippen molar-refractivity contribution in [2.24, 2.45) is 0 Å². The molecule has 0 saturated heterocycles. The van der Waals surface area contributed by atoms with Gasteiger partial charge in [0.05, 0.1) is 0 Å². The van der Waals surface area contributed by atoms with Crippen molar-refractivity contribution in [1.29, 1.82) is 0 Å². The molecule has 1 aromatic carbocycles. The third-order valence-corrected chi connectivity index (χ3v) is 3.60. The van der Waals surface area contributed by atoms with E-state index in [-0.39, 0.29) is 0 Å². The molecule has 0 aliphatic carbocycles. The topological polar surface area (TPSA) is 38.9 Å². The van der Waals surface area contributed by atoms with Crippen molar-refractivity contribution in [3.63, 3.8) is 0 Å². The first kappa shape index (κ1) is 10.2. The lowest BCUT2D eigenvalue weighted by Crippen LogP contribution is -1.83. The van der Waals surface area contributed by atoms with Gasteiger partial charge < -0.3 is 5.73 Å². The first-order chi connectivity index (χ1) is 7.16. The van der Waals surface area contributed by atoms with Crippen molar-refractivity contribution in [1.82, 2.24) is 4.98 Å². The van der Waals surface area contributed by atoms with Crippen LogP contribution in [0.3, 0.4) is 0 Å². The molecule has 0 radical (unpaired) electrons. The lowest BCUT2D eigenvalue weighted by Gasteiger charge is -1.98. The molecule has 2 aromatic rings. The highest BCUT2D eigenvalue weighted by Gasteiger charge is 2.06. The monoisotopic (exact) mass is 218 g/mol. The number of hydrogen-bond donors (Lipinski definition) is 1. The van der Waals surface area contributed by atoms with Crippen LogP contribution in [0.2, 0.25) is 0 Å². The number of anilines is 1. The third kappa shape index (κ3) is 2.18. The van der Waals surface area contributed by atoms with Crippen LogP contribution >= 0.6 is 11.3 Å². The molecule has 0 unspecified atom stereocenters. The molecule has 2 nitrogen and oxygen atoms in total. The molecule has 0 aliphatic rings. The summed E-state index contributed by atoms with van der Waals surface area (Å²) in [6.07, 6.45) is 1.96. The summed E-state index contributed by atoms with van der Waals surface area (Å²) in [7, 11) is 0. The van der Waals surface area contributed by atoms with Gasteiger partial charge in [-0.2, -0.15) is 0 Å². The lowest BCUT2D eigenvalue weighted by atomic mass is 10.2. The quantitative estimate of drug-likeness (QED) is 0.783. The van der Waals surface area contributed by atoms with Crippen molar-refractivity contribution in [2.45, 2.75) is 19.8 Å². The Morgan fingerprint density at radius 1 is 1.20 bits per heavy atom. The van der Waals surface area contributed by atoms with Crippen LogP contribution in [0.4, 0.5) is 5.69 Å². The fourth-order valence-corrected chi connectivity index (χ4v) is 2.24. The van der Waals surface area contributed by atoms with Gasteiger partial charge in [0.15, 0.2) is 0 Å². The number of nitrogens with zero attached hydrogens (tertiary/aromatic N) is 1. The van der Waals surface area contributed by atoms with Crippen molar-refractivity contribution in [3.8, 4) is 10.6 Å². The Labute approximate surface area is 93.8 Å². The van der Waals surface area contributed by atoms with E-state index >= 15 is 0 Å². The van der Waals surface area contributed by atoms with Crippen molar-refractivity contribution >= 4 is 17.0 Å². The van der Waals surface area contributed by atoms with Crippen LogP contribution in [0.25, 0.3) is 10.6 Å². The summed E-state index contributed by atoms with van der Waals surface area (Å²) in [4.78, 5) is 5.74. The van der Waals surface area contributed by atoms with E-state index in [1.807, 2.05) is 30.5 Å². The molecule has 1 heterocycles. The van der Waals surface area contributed by atoms with Gasteiger partial charge in [0.25, 0.3) is 0 Å². The maximum Gasteiger partial charge on any atom is 0.123 e. The predicted octanol–water partition coefficient (Wildman–Crippen LogP) is 3.52. The first-order valence-corrected chi connectivity index (χ1v) is 5.80. The molecule has 0 aliphatic heterocycles. The SMILES string of the molecule is CC(C)c1cnc(-c2ccc(N)cc2)s1. The summed E-state index contributed by atoms with van der Waals surface area (Å²) >= 11 is 1.75. The molecule has 78 valence electrons. The second-order valence-corrected chi connectivity index (χ2v) is 4.91. The molecule has 0 bridgehead atoms. The zero-order valence-corrected chi connectivity index (χ0v) is 9.71. The molecule has 0 fully saturated rings. The Morgan fingerprint density at radius 3 is 2.40 bits per heavy atom. The molecular weight excluding hydrogens is 204 g/mol. The number of aromatic nitrogens is 1.